The number of pyridine rings is 1. The summed E-state index contributed by atoms with van der Waals surface area (Å²) in [6.45, 7) is 2.82. The molecule has 0 bridgehead atoms. The van der Waals surface area contributed by atoms with Crippen molar-refractivity contribution in [1.82, 2.24) is 15.0 Å². The molecule has 1 fully saturated rings. The lowest BCUT2D eigenvalue weighted by Gasteiger charge is -2.28. The summed E-state index contributed by atoms with van der Waals surface area (Å²) in [5, 5.41) is 0. The monoisotopic (exact) mass is 336 g/mol. The van der Waals surface area contributed by atoms with E-state index >= 15 is 0 Å². The summed E-state index contributed by atoms with van der Waals surface area (Å²) in [5.74, 6) is 1.04. The van der Waals surface area contributed by atoms with E-state index in [4.69, 9.17) is 9.72 Å². The zero-order valence-corrected chi connectivity index (χ0v) is 13.6. The van der Waals surface area contributed by atoms with Crippen molar-refractivity contribution >= 4 is 5.82 Å². The molecule has 0 N–H and O–H groups in total. The van der Waals surface area contributed by atoms with E-state index in [-0.39, 0.29) is 5.82 Å². The maximum Gasteiger partial charge on any atom is 0.162 e. The van der Waals surface area contributed by atoms with Crippen LogP contribution in [0.3, 0.4) is 0 Å². The molecule has 25 heavy (non-hydrogen) atoms. The highest BCUT2D eigenvalue weighted by Crippen LogP contribution is 2.27. The van der Waals surface area contributed by atoms with Gasteiger partial charge >= 0.3 is 0 Å². The Morgan fingerprint density at radius 2 is 1.72 bits per heavy atom. The Hall–Kier alpha value is -2.86. The summed E-state index contributed by atoms with van der Waals surface area (Å²) >= 11 is 0. The predicted molar refractivity (Wildman–Crippen MR) is 93.7 cm³/mol. The average Bonchev–Trinajstić information content (AvgIpc) is 2.69. The Bertz CT molecular complexity index is 866. The number of rotatable bonds is 3. The molecule has 4 rings (SSSR count). The highest BCUT2D eigenvalue weighted by molar-refractivity contribution is 5.68. The number of nitrogens with zero attached hydrogens (tertiary/aromatic N) is 4. The number of ether oxygens (including phenoxy) is 1. The summed E-state index contributed by atoms with van der Waals surface area (Å²) in [4.78, 5) is 15.5. The van der Waals surface area contributed by atoms with Crippen molar-refractivity contribution in [1.29, 1.82) is 0 Å². The van der Waals surface area contributed by atoms with Gasteiger partial charge in [0, 0.05) is 42.7 Å². The summed E-state index contributed by atoms with van der Waals surface area (Å²) in [7, 11) is 0. The maximum absolute atomic E-state index is 14.3. The van der Waals surface area contributed by atoms with Crippen molar-refractivity contribution in [3.8, 4) is 22.6 Å². The molecule has 0 unspecified atom stereocenters. The first-order valence-corrected chi connectivity index (χ1v) is 8.18. The van der Waals surface area contributed by atoms with Crippen molar-refractivity contribution in [2.24, 2.45) is 0 Å². The van der Waals surface area contributed by atoms with E-state index in [0.29, 0.717) is 30.3 Å². The van der Waals surface area contributed by atoms with Crippen LogP contribution in [0.4, 0.5) is 10.2 Å². The van der Waals surface area contributed by atoms with Crippen molar-refractivity contribution < 1.29 is 9.13 Å². The van der Waals surface area contributed by atoms with Crippen LogP contribution in [0.15, 0.2) is 54.9 Å². The molecule has 0 saturated carbocycles. The molecule has 3 aromatic rings. The summed E-state index contributed by atoms with van der Waals surface area (Å²) in [5.41, 5.74) is 1.89. The van der Waals surface area contributed by atoms with Gasteiger partial charge in [-0.15, -0.1) is 0 Å². The highest BCUT2D eigenvalue weighted by Gasteiger charge is 2.17. The van der Waals surface area contributed by atoms with Gasteiger partial charge in [0.2, 0.25) is 0 Å². The van der Waals surface area contributed by atoms with Gasteiger partial charge < -0.3 is 9.64 Å². The topological polar surface area (TPSA) is 51.1 Å². The van der Waals surface area contributed by atoms with Gasteiger partial charge in [-0.3, -0.25) is 4.98 Å². The van der Waals surface area contributed by atoms with E-state index in [1.165, 1.54) is 6.07 Å². The SMILES string of the molecule is Fc1ccccc1-c1cc(N2CCOCC2)nc(-c2ccncc2)n1. The molecule has 1 aliphatic heterocycles. The van der Waals surface area contributed by atoms with Gasteiger partial charge in [-0.1, -0.05) is 12.1 Å². The molecule has 0 aliphatic carbocycles. The van der Waals surface area contributed by atoms with E-state index in [0.717, 1.165) is 24.5 Å². The molecule has 1 aromatic carbocycles. The molecule has 5 nitrogen and oxygen atoms in total. The second kappa shape index (κ2) is 6.94. The normalized spacial score (nSPS) is 14.5. The van der Waals surface area contributed by atoms with Crippen molar-refractivity contribution in [2.45, 2.75) is 0 Å². The van der Waals surface area contributed by atoms with E-state index in [9.17, 15) is 4.39 Å². The molecular weight excluding hydrogens is 319 g/mol. The lowest BCUT2D eigenvalue weighted by atomic mass is 10.1. The van der Waals surface area contributed by atoms with E-state index in [1.807, 2.05) is 18.2 Å². The van der Waals surface area contributed by atoms with Gasteiger partial charge in [0.25, 0.3) is 0 Å². The van der Waals surface area contributed by atoms with Gasteiger partial charge in [-0.05, 0) is 24.3 Å². The largest absolute Gasteiger partial charge is 0.378 e. The number of aromatic nitrogens is 3. The van der Waals surface area contributed by atoms with E-state index in [2.05, 4.69) is 14.9 Å². The van der Waals surface area contributed by atoms with Crippen LogP contribution in [-0.4, -0.2) is 41.3 Å². The molecule has 1 aliphatic rings. The van der Waals surface area contributed by atoms with Crippen LogP contribution in [-0.2, 0) is 4.74 Å². The Labute approximate surface area is 145 Å². The first kappa shape index (κ1) is 15.7. The Morgan fingerprint density at radius 1 is 0.960 bits per heavy atom. The van der Waals surface area contributed by atoms with Gasteiger partial charge in [0.15, 0.2) is 5.82 Å². The minimum atomic E-state index is -0.296. The van der Waals surface area contributed by atoms with Gasteiger partial charge in [-0.2, -0.15) is 0 Å². The van der Waals surface area contributed by atoms with Crippen LogP contribution in [0.2, 0.25) is 0 Å². The predicted octanol–water partition coefficient (Wildman–Crippen LogP) is 3.18. The van der Waals surface area contributed by atoms with Gasteiger partial charge in [-0.25, -0.2) is 14.4 Å². The molecule has 126 valence electrons. The smallest absolute Gasteiger partial charge is 0.162 e. The third kappa shape index (κ3) is 3.34. The summed E-state index contributed by atoms with van der Waals surface area (Å²) in [6.07, 6.45) is 3.39. The zero-order chi connectivity index (χ0) is 17.1. The molecule has 0 amide bonds. The molecule has 6 heteroatoms. The van der Waals surface area contributed by atoms with Crippen LogP contribution < -0.4 is 4.90 Å². The van der Waals surface area contributed by atoms with Gasteiger partial charge in [0.1, 0.15) is 11.6 Å². The number of anilines is 1. The Kier molecular flexibility index (Phi) is 4.35. The van der Waals surface area contributed by atoms with E-state index in [1.54, 1.807) is 30.6 Å². The molecule has 3 heterocycles. The van der Waals surface area contributed by atoms with Crippen LogP contribution in [0, 0.1) is 5.82 Å². The third-order valence-electron chi connectivity index (χ3n) is 4.14. The summed E-state index contributed by atoms with van der Waals surface area (Å²) in [6, 6.07) is 12.2. The van der Waals surface area contributed by atoms with Crippen LogP contribution in [0.5, 0.6) is 0 Å². The molecular formula is C19H17FN4O. The molecule has 0 radical (unpaired) electrons. The van der Waals surface area contributed by atoms with Crippen LogP contribution >= 0.6 is 0 Å². The number of hydrogen-bond acceptors (Lipinski definition) is 5. The lowest BCUT2D eigenvalue weighted by molar-refractivity contribution is 0.122. The highest BCUT2D eigenvalue weighted by atomic mass is 19.1. The minimum absolute atomic E-state index is 0.296. The van der Waals surface area contributed by atoms with Gasteiger partial charge in [0.05, 0.1) is 18.9 Å². The fraction of sp³-hybridized carbons (Fsp3) is 0.211. The maximum atomic E-state index is 14.3. The molecule has 0 spiro atoms. The lowest BCUT2D eigenvalue weighted by Crippen LogP contribution is -2.36. The first-order valence-electron chi connectivity index (χ1n) is 8.18. The second-order valence-corrected chi connectivity index (χ2v) is 5.75. The Balaban J connectivity index is 1.84. The summed E-state index contributed by atoms with van der Waals surface area (Å²) < 4.78 is 19.7. The zero-order valence-electron chi connectivity index (χ0n) is 13.6. The van der Waals surface area contributed by atoms with Crippen LogP contribution in [0.1, 0.15) is 0 Å². The fourth-order valence-electron chi connectivity index (χ4n) is 2.83. The van der Waals surface area contributed by atoms with Crippen molar-refractivity contribution in [2.75, 3.05) is 31.2 Å². The fourth-order valence-corrected chi connectivity index (χ4v) is 2.83. The quantitative estimate of drug-likeness (QED) is 0.735. The van der Waals surface area contributed by atoms with Crippen molar-refractivity contribution in [3.05, 3.63) is 60.7 Å². The molecule has 0 atom stereocenters. The number of halogens is 1. The number of hydrogen-bond donors (Lipinski definition) is 0. The first-order chi connectivity index (χ1) is 12.3. The third-order valence-corrected chi connectivity index (χ3v) is 4.14. The average molecular weight is 336 g/mol. The molecule has 2 aromatic heterocycles. The minimum Gasteiger partial charge on any atom is -0.378 e. The molecule has 1 saturated heterocycles. The second-order valence-electron chi connectivity index (χ2n) is 5.75. The van der Waals surface area contributed by atoms with E-state index < -0.39 is 0 Å². The Morgan fingerprint density at radius 3 is 2.48 bits per heavy atom. The van der Waals surface area contributed by atoms with Crippen LogP contribution in [0.25, 0.3) is 22.6 Å². The number of benzene rings is 1. The number of morpholine rings is 1. The van der Waals surface area contributed by atoms with Crippen molar-refractivity contribution in [3.63, 3.8) is 0 Å². The standard InChI is InChI=1S/C19H17FN4O/c20-16-4-2-1-3-15(16)17-13-18(24-9-11-25-12-10-24)23-19(22-17)14-5-7-21-8-6-14/h1-8,13H,9-12H2.